The minimum absolute atomic E-state index is 0.00228. The van der Waals surface area contributed by atoms with E-state index in [0.717, 1.165) is 19.3 Å². The molecule has 0 bridgehead atoms. The van der Waals surface area contributed by atoms with Crippen LogP contribution in [0.4, 0.5) is 5.82 Å². The standard InChI is InChI=1S/C11H13N3O3/c15-9-4-2-1-3-7-14(9)8-5-6-12-10(13-8)11(16)17/h5-6H,1-4,7H2,(H,16,17). The second-order valence-corrected chi connectivity index (χ2v) is 3.90. The van der Waals surface area contributed by atoms with E-state index < -0.39 is 5.97 Å². The van der Waals surface area contributed by atoms with Gasteiger partial charge >= 0.3 is 5.97 Å². The Kier molecular flexibility index (Phi) is 3.32. The molecule has 1 N–H and O–H groups in total. The van der Waals surface area contributed by atoms with E-state index in [0.29, 0.717) is 18.8 Å². The summed E-state index contributed by atoms with van der Waals surface area (Å²) in [6.07, 6.45) is 4.67. The summed E-state index contributed by atoms with van der Waals surface area (Å²) in [6, 6.07) is 1.57. The molecular weight excluding hydrogens is 222 g/mol. The highest BCUT2D eigenvalue weighted by atomic mass is 16.4. The van der Waals surface area contributed by atoms with Gasteiger partial charge in [0.2, 0.25) is 11.7 Å². The van der Waals surface area contributed by atoms with Crippen molar-refractivity contribution < 1.29 is 14.7 Å². The van der Waals surface area contributed by atoms with Crippen LogP contribution in [0.15, 0.2) is 12.3 Å². The lowest BCUT2D eigenvalue weighted by atomic mass is 10.2. The first-order valence-corrected chi connectivity index (χ1v) is 5.55. The quantitative estimate of drug-likeness (QED) is 0.829. The van der Waals surface area contributed by atoms with Crippen LogP contribution in [0.3, 0.4) is 0 Å². The maximum absolute atomic E-state index is 11.8. The monoisotopic (exact) mass is 235 g/mol. The normalized spacial score (nSPS) is 16.7. The Bertz CT molecular complexity index is 447. The topological polar surface area (TPSA) is 83.4 Å². The van der Waals surface area contributed by atoms with E-state index in [2.05, 4.69) is 9.97 Å². The molecule has 1 aromatic heterocycles. The smallest absolute Gasteiger partial charge is 0.374 e. The number of hydrogen-bond donors (Lipinski definition) is 1. The highest BCUT2D eigenvalue weighted by Gasteiger charge is 2.20. The molecule has 2 rings (SSSR count). The molecule has 1 aromatic rings. The third-order valence-electron chi connectivity index (χ3n) is 2.68. The molecular formula is C11H13N3O3. The van der Waals surface area contributed by atoms with Crippen LogP contribution >= 0.6 is 0 Å². The number of amides is 1. The second kappa shape index (κ2) is 4.90. The van der Waals surface area contributed by atoms with Crippen molar-refractivity contribution in [1.82, 2.24) is 9.97 Å². The van der Waals surface area contributed by atoms with Crippen molar-refractivity contribution in [3.8, 4) is 0 Å². The van der Waals surface area contributed by atoms with E-state index in [1.807, 2.05) is 0 Å². The molecule has 0 radical (unpaired) electrons. The van der Waals surface area contributed by atoms with Crippen molar-refractivity contribution in [3.63, 3.8) is 0 Å². The van der Waals surface area contributed by atoms with Gasteiger partial charge in [-0.3, -0.25) is 9.69 Å². The van der Waals surface area contributed by atoms with Crippen LogP contribution in [0, 0.1) is 0 Å². The molecule has 2 heterocycles. The summed E-state index contributed by atoms with van der Waals surface area (Å²) in [4.78, 5) is 31.6. The number of anilines is 1. The third-order valence-corrected chi connectivity index (χ3v) is 2.68. The number of hydrogen-bond acceptors (Lipinski definition) is 4. The SMILES string of the molecule is O=C(O)c1nccc(N2CCCCCC2=O)n1. The van der Waals surface area contributed by atoms with E-state index in [-0.39, 0.29) is 11.7 Å². The number of aromatic carboxylic acids is 1. The minimum Gasteiger partial charge on any atom is -0.475 e. The van der Waals surface area contributed by atoms with E-state index in [1.54, 1.807) is 11.0 Å². The molecule has 0 atom stereocenters. The van der Waals surface area contributed by atoms with Gasteiger partial charge in [0.15, 0.2) is 0 Å². The van der Waals surface area contributed by atoms with Crippen molar-refractivity contribution in [2.75, 3.05) is 11.4 Å². The number of carbonyl (C=O) groups is 2. The van der Waals surface area contributed by atoms with E-state index >= 15 is 0 Å². The zero-order valence-corrected chi connectivity index (χ0v) is 9.30. The summed E-state index contributed by atoms with van der Waals surface area (Å²) in [5, 5.41) is 8.80. The van der Waals surface area contributed by atoms with E-state index in [1.165, 1.54) is 6.20 Å². The van der Waals surface area contributed by atoms with Crippen LogP contribution in [0.2, 0.25) is 0 Å². The number of carbonyl (C=O) groups excluding carboxylic acids is 1. The molecule has 0 aromatic carbocycles. The first-order valence-electron chi connectivity index (χ1n) is 5.55. The average molecular weight is 235 g/mol. The number of aromatic nitrogens is 2. The fraction of sp³-hybridized carbons (Fsp3) is 0.455. The van der Waals surface area contributed by atoms with Crippen molar-refractivity contribution in [1.29, 1.82) is 0 Å². The molecule has 0 unspecified atom stereocenters. The van der Waals surface area contributed by atoms with Crippen molar-refractivity contribution in [3.05, 3.63) is 18.1 Å². The van der Waals surface area contributed by atoms with E-state index in [9.17, 15) is 9.59 Å². The molecule has 0 saturated carbocycles. The molecule has 0 aliphatic carbocycles. The number of nitrogens with zero attached hydrogens (tertiary/aromatic N) is 3. The summed E-state index contributed by atoms with van der Waals surface area (Å²) in [6.45, 7) is 0.592. The van der Waals surface area contributed by atoms with Gasteiger partial charge in [0, 0.05) is 19.2 Å². The van der Waals surface area contributed by atoms with Gasteiger partial charge in [-0.25, -0.2) is 14.8 Å². The van der Waals surface area contributed by atoms with Crippen LogP contribution in [-0.4, -0.2) is 33.5 Å². The third kappa shape index (κ3) is 2.58. The molecule has 6 nitrogen and oxygen atoms in total. The molecule has 17 heavy (non-hydrogen) atoms. The van der Waals surface area contributed by atoms with Crippen molar-refractivity contribution in [2.24, 2.45) is 0 Å². The molecule has 1 aliphatic rings. The van der Waals surface area contributed by atoms with Crippen LogP contribution in [0.5, 0.6) is 0 Å². The Morgan fingerprint density at radius 3 is 2.94 bits per heavy atom. The fourth-order valence-electron chi connectivity index (χ4n) is 1.83. The predicted molar refractivity (Wildman–Crippen MR) is 59.8 cm³/mol. The second-order valence-electron chi connectivity index (χ2n) is 3.90. The molecule has 90 valence electrons. The molecule has 1 amide bonds. The summed E-state index contributed by atoms with van der Waals surface area (Å²) < 4.78 is 0. The maximum Gasteiger partial charge on any atom is 0.374 e. The lowest BCUT2D eigenvalue weighted by Gasteiger charge is -2.19. The van der Waals surface area contributed by atoms with Gasteiger partial charge in [-0.15, -0.1) is 0 Å². The summed E-state index contributed by atoms with van der Waals surface area (Å²) in [7, 11) is 0. The number of rotatable bonds is 2. The highest BCUT2D eigenvalue weighted by molar-refractivity contribution is 5.93. The van der Waals surface area contributed by atoms with Crippen LogP contribution in [0.1, 0.15) is 36.3 Å². The summed E-state index contributed by atoms with van der Waals surface area (Å²) in [5.41, 5.74) is 0. The first kappa shape index (κ1) is 11.5. The van der Waals surface area contributed by atoms with Crippen LogP contribution in [0.25, 0.3) is 0 Å². The maximum atomic E-state index is 11.8. The van der Waals surface area contributed by atoms with Gasteiger partial charge in [-0.2, -0.15) is 0 Å². The number of carboxylic acid groups (broad SMARTS) is 1. The molecule has 0 spiro atoms. The van der Waals surface area contributed by atoms with Crippen molar-refractivity contribution >= 4 is 17.7 Å². The Balaban J connectivity index is 2.28. The first-order chi connectivity index (χ1) is 8.18. The molecule has 1 aliphatic heterocycles. The Morgan fingerprint density at radius 1 is 1.35 bits per heavy atom. The van der Waals surface area contributed by atoms with Gasteiger partial charge in [-0.05, 0) is 18.9 Å². The Labute approximate surface area is 98.3 Å². The number of carboxylic acids is 1. The zero-order valence-electron chi connectivity index (χ0n) is 9.30. The van der Waals surface area contributed by atoms with Gasteiger partial charge in [0.05, 0.1) is 0 Å². The highest BCUT2D eigenvalue weighted by Crippen LogP contribution is 2.17. The van der Waals surface area contributed by atoms with Gasteiger partial charge in [-0.1, -0.05) is 6.42 Å². The Hall–Kier alpha value is -1.98. The summed E-state index contributed by atoms with van der Waals surface area (Å²) >= 11 is 0. The van der Waals surface area contributed by atoms with Crippen LogP contribution < -0.4 is 4.90 Å². The lowest BCUT2D eigenvalue weighted by molar-refractivity contribution is -0.118. The van der Waals surface area contributed by atoms with Crippen LogP contribution in [-0.2, 0) is 4.79 Å². The molecule has 6 heteroatoms. The predicted octanol–water partition coefficient (Wildman–Crippen LogP) is 1.08. The average Bonchev–Trinajstić information content (AvgIpc) is 2.54. The molecule has 1 saturated heterocycles. The largest absolute Gasteiger partial charge is 0.475 e. The fourth-order valence-corrected chi connectivity index (χ4v) is 1.83. The Morgan fingerprint density at radius 2 is 2.18 bits per heavy atom. The minimum atomic E-state index is -1.19. The van der Waals surface area contributed by atoms with Gasteiger partial charge in [0.1, 0.15) is 5.82 Å². The summed E-state index contributed by atoms with van der Waals surface area (Å²) in [5.74, 6) is -1.09. The van der Waals surface area contributed by atoms with Gasteiger partial charge in [0.25, 0.3) is 0 Å². The molecule has 1 fully saturated rings. The van der Waals surface area contributed by atoms with Crippen molar-refractivity contribution in [2.45, 2.75) is 25.7 Å². The lowest BCUT2D eigenvalue weighted by Crippen LogP contribution is -2.31. The zero-order chi connectivity index (χ0) is 12.3. The van der Waals surface area contributed by atoms with E-state index in [4.69, 9.17) is 5.11 Å². The van der Waals surface area contributed by atoms with Gasteiger partial charge < -0.3 is 5.11 Å².